The molecule has 1 aromatic heterocycles. The molecule has 6 nitrogen and oxygen atoms in total. The maximum atomic E-state index is 10.5. The summed E-state index contributed by atoms with van der Waals surface area (Å²) in [6.45, 7) is 0. The van der Waals surface area contributed by atoms with E-state index < -0.39 is 18.1 Å². The molecule has 2 unspecified atom stereocenters. The van der Waals surface area contributed by atoms with E-state index in [1.807, 2.05) is 0 Å². The molecule has 2 atom stereocenters. The fraction of sp³-hybridized carbons (Fsp3) is 0.300. The lowest BCUT2D eigenvalue weighted by Gasteiger charge is -2.15. The minimum absolute atomic E-state index is 0.180. The molecule has 0 radical (unpaired) electrons. The number of aromatic nitrogens is 1. The smallest absolute Gasteiger partial charge is 0.220 e. The Morgan fingerprint density at radius 3 is 2.62 bits per heavy atom. The summed E-state index contributed by atoms with van der Waals surface area (Å²) in [4.78, 5) is 24.7. The van der Waals surface area contributed by atoms with Crippen molar-refractivity contribution in [1.82, 2.24) is 4.98 Å². The van der Waals surface area contributed by atoms with Gasteiger partial charge in [0.05, 0.1) is 18.2 Å². The van der Waals surface area contributed by atoms with E-state index in [2.05, 4.69) is 4.98 Å². The van der Waals surface area contributed by atoms with E-state index >= 15 is 0 Å². The van der Waals surface area contributed by atoms with E-state index in [0.717, 1.165) is 0 Å². The number of carbonyl (C=O) groups is 2. The van der Waals surface area contributed by atoms with Crippen molar-refractivity contribution in [2.75, 3.05) is 0 Å². The summed E-state index contributed by atoms with van der Waals surface area (Å²) < 4.78 is 0. The molecular formula is C10H12N2O4. The molecular weight excluding hydrogens is 212 g/mol. The van der Waals surface area contributed by atoms with Gasteiger partial charge < -0.3 is 15.9 Å². The lowest BCUT2D eigenvalue weighted by Crippen LogP contribution is -2.26. The van der Waals surface area contributed by atoms with Gasteiger partial charge in [0.25, 0.3) is 0 Å². The highest BCUT2D eigenvalue weighted by molar-refractivity contribution is 5.74. The Labute approximate surface area is 91.7 Å². The predicted octanol–water partition coefficient (Wildman–Crippen LogP) is -0.836. The van der Waals surface area contributed by atoms with Gasteiger partial charge in [-0.25, -0.2) is 0 Å². The van der Waals surface area contributed by atoms with E-state index in [-0.39, 0.29) is 12.1 Å². The number of pyridine rings is 1. The maximum Gasteiger partial charge on any atom is 0.220 e. The third-order valence-electron chi connectivity index (χ3n) is 2.02. The van der Waals surface area contributed by atoms with Crippen molar-refractivity contribution in [3.63, 3.8) is 0 Å². The second-order valence-electron chi connectivity index (χ2n) is 3.32. The number of hydrogen-bond acceptors (Lipinski definition) is 5. The summed E-state index contributed by atoms with van der Waals surface area (Å²) in [5.74, 6) is -0.712. The fourth-order valence-electron chi connectivity index (χ4n) is 1.18. The number of nitrogens with zero attached hydrogens (tertiary/aromatic N) is 1. The van der Waals surface area contributed by atoms with Crippen LogP contribution >= 0.6 is 0 Å². The lowest BCUT2D eigenvalue weighted by molar-refractivity contribution is -0.121. The van der Waals surface area contributed by atoms with Gasteiger partial charge in [-0.2, -0.15) is 0 Å². The van der Waals surface area contributed by atoms with Crippen molar-refractivity contribution in [2.24, 2.45) is 5.73 Å². The number of aldehydes is 1. The second kappa shape index (κ2) is 5.34. The Bertz CT molecular complexity index is 377. The summed E-state index contributed by atoms with van der Waals surface area (Å²) in [5.41, 5.74) is 5.42. The molecule has 0 aliphatic heterocycles. The Balaban J connectivity index is 2.75. The van der Waals surface area contributed by atoms with Crippen LogP contribution in [0.25, 0.3) is 0 Å². The van der Waals surface area contributed by atoms with Gasteiger partial charge in [-0.05, 0) is 12.1 Å². The largest absolute Gasteiger partial charge is 0.389 e. The number of nitrogens with two attached hydrogens (primary N) is 1. The number of hydrogen-bond donors (Lipinski definition) is 3. The van der Waals surface area contributed by atoms with Gasteiger partial charge in [0.15, 0.2) is 6.29 Å². The van der Waals surface area contributed by atoms with E-state index in [1.165, 1.54) is 18.3 Å². The van der Waals surface area contributed by atoms with Gasteiger partial charge in [0.1, 0.15) is 6.10 Å². The molecule has 0 fully saturated rings. The lowest BCUT2D eigenvalue weighted by atomic mass is 10.1. The molecule has 0 aliphatic carbocycles. The van der Waals surface area contributed by atoms with Gasteiger partial charge in [0, 0.05) is 11.8 Å². The van der Waals surface area contributed by atoms with Crippen molar-refractivity contribution in [3.05, 3.63) is 29.6 Å². The van der Waals surface area contributed by atoms with Crippen molar-refractivity contribution >= 4 is 12.2 Å². The van der Waals surface area contributed by atoms with Crippen LogP contribution in [-0.4, -0.2) is 33.5 Å². The minimum Gasteiger partial charge on any atom is -0.389 e. The molecule has 0 aliphatic rings. The van der Waals surface area contributed by atoms with Crippen LogP contribution in [0.4, 0.5) is 0 Å². The zero-order valence-electron chi connectivity index (χ0n) is 8.41. The number of carbonyl (C=O) groups excluding carboxylic acids is 2. The highest BCUT2D eigenvalue weighted by atomic mass is 16.3. The van der Waals surface area contributed by atoms with Crippen LogP contribution in [0.1, 0.15) is 28.6 Å². The SMILES string of the molecule is NC(=O)CC(O)C(O)c1ccc(C=O)cn1. The van der Waals surface area contributed by atoms with Gasteiger partial charge in [-0.3, -0.25) is 14.6 Å². The molecule has 6 heteroatoms. The Morgan fingerprint density at radius 1 is 1.50 bits per heavy atom. The Morgan fingerprint density at radius 2 is 2.19 bits per heavy atom. The molecule has 0 spiro atoms. The van der Waals surface area contributed by atoms with Crippen LogP contribution in [0.2, 0.25) is 0 Å². The van der Waals surface area contributed by atoms with Gasteiger partial charge in [0.2, 0.25) is 5.91 Å². The summed E-state index contributed by atoms with van der Waals surface area (Å²) in [7, 11) is 0. The Kier molecular flexibility index (Phi) is 4.10. The quantitative estimate of drug-likeness (QED) is 0.564. The zero-order valence-corrected chi connectivity index (χ0v) is 8.41. The normalized spacial score (nSPS) is 14.1. The average molecular weight is 224 g/mol. The third kappa shape index (κ3) is 3.11. The summed E-state index contributed by atoms with van der Waals surface area (Å²) in [6.07, 6.45) is -1.07. The molecule has 0 saturated carbocycles. The topological polar surface area (TPSA) is 114 Å². The van der Waals surface area contributed by atoms with Crippen molar-refractivity contribution < 1.29 is 19.8 Å². The molecule has 0 aromatic carbocycles. The molecule has 1 rings (SSSR count). The van der Waals surface area contributed by atoms with Crippen LogP contribution in [0.15, 0.2) is 18.3 Å². The molecule has 0 bridgehead atoms. The molecule has 16 heavy (non-hydrogen) atoms. The van der Waals surface area contributed by atoms with Gasteiger partial charge >= 0.3 is 0 Å². The van der Waals surface area contributed by atoms with Crippen LogP contribution in [0, 0.1) is 0 Å². The Hall–Kier alpha value is -1.79. The molecule has 0 saturated heterocycles. The monoisotopic (exact) mass is 224 g/mol. The van der Waals surface area contributed by atoms with Crippen LogP contribution in [0.3, 0.4) is 0 Å². The van der Waals surface area contributed by atoms with E-state index in [4.69, 9.17) is 5.73 Å². The fourth-order valence-corrected chi connectivity index (χ4v) is 1.18. The highest BCUT2D eigenvalue weighted by Gasteiger charge is 2.21. The van der Waals surface area contributed by atoms with Crippen LogP contribution in [0.5, 0.6) is 0 Å². The van der Waals surface area contributed by atoms with E-state index in [0.29, 0.717) is 11.8 Å². The number of primary amides is 1. The molecule has 1 aromatic rings. The third-order valence-corrected chi connectivity index (χ3v) is 2.02. The highest BCUT2D eigenvalue weighted by Crippen LogP contribution is 2.16. The maximum absolute atomic E-state index is 10.5. The molecule has 1 heterocycles. The first-order chi connectivity index (χ1) is 7.54. The van der Waals surface area contributed by atoms with E-state index in [1.54, 1.807) is 0 Å². The number of aliphatic hydroxyl groups is 2. The summed E-state index contributed by atoms with van der Waals surface area (Å²) in [5, 5.41) is 19.0. The first-order valence-corrected chi connectivity index (χ1v) is 4.60. The number of rotatable bonds is 5. The summed E-state index contributed by atoms with van der Waals surface area (Å²) in [6, 6.07) is 2.86. The van der Waals surface area contributed by atoms with Crippen LogP contribution in [-0.2, 0) is 4.79 Å². The number of aliphatic hydroxyl groups excluding tert-OH is 2. The predicted molar refractivity (Wildman–Crippen MR) is 54.4 cm³/mol. The second-order valence-corrected chi connectivity index (χ2v) is 3.32. The molecule has 1 amide bonds. The van der Waals surface area contributed by atoms with E-state index in [9.17, 15) is 19.8 Å². The van der Waals surface area contributed by atoms with Crippen LogP contribution < -0.4 is 5.73 Å². The first kappa shape index (κ1) is 12.3. The number of amides is 1. The minimum atomic E-state index is -1.30. The van der Waals surface area contributed by atoms with Gasteiger partial charge in [-0.15, -0.1) is 0 Å². The molecule has 86 valence electrons. The summed E-state index contributed by atoms with van der Waals surface area (Å²) >= 11 is 0. The standard InChI is InChI=1S/C10H12N2O4/c11-9(15)3-8(14)10(16)7-2-1-6(5-13)4-12-7/h1-2,4-5,8,10,14,16H,3H2,(H2,11,15). The van der Waals surface area contributed by atoms with Crippen molar-refractivity contribution in [3.8, 4) is 0 Å². The van der Waals surface area contributed by atoms with Crippen molar-refractivity contribution in [1.29, 1.82) is 0 Å². The average Bonchev–Trinajstić information content (AvgIpc) is 2.27. The first-order valence-electron chi connectivity index (χ1n) is 4.60. The van der Waals surface area contributed by atoms with Gasteiger partial charge in [-0.1, -0.05) is 0 Å². The molecule has 4 N–H and O–H groups in total. The zero-order chi connectivity index (χ0) is 12.1. The van der Waals surface area contributed by atoms with Crippen molar-refractivity contribution in [2.45, 2.75) is 18.6 Å².